The number of anilines is 2. The molecule has 22 nitrogen and oxygen atoms in total. The number of benzene rings is 2. The van der Waals surface area contributed by atoms with E-state index >= 15 is 0 Å². The van der Waals surface area contributed by atoms with Crippen LogP contribution in [0.25, 0.3) is 0 Å². The molecule has 0 bridgehead atoms. The van der Waals surface area contributed by atoms with Gasteiger partial charge in [0.05, 0.1) is 31.2 Å². The Bertz CT molecular complexity index is 2370. The van der Waals surface area contributed by atoms with Gasteiger partial charge in [-0.25, -0.2) is 36.7 Å². The van der Waals surface area contributed by atoms with Gasteiger partial charge in [0, 0.05) is 16.8 Å². The van der Waals surface area contributed by atoms with Crippen LogP contribution in [0.15, 0.2) is 105 Å². The predicted octanol–water partition coefficient (Wildman–Crippen LogP) is -0.775. The van der Waals surface area contributed by atoms with Crippen LogP contribution in [-0.4, -0.2) is 97.4 Å². The van der Waals surface area contributed by atoms with Crippen LogP contribution in [0.1, 0.15) is 1.43 Å². The molecule has 10 N–H and O–H groups in total. The van der Waals surface area contributed by atoms with Crippen LogP contribution in [0.2, 0.25) is 10.0 Å². The second-order valence-electron chi connectivity index (χ2n) is 11.0. The van der Waals surface area contributed by atoms with Gasteiger partial charge in [-0.1, -0.05) is 47.5 Å². The topological polar surface area (TPSA) is 370 Å². The molecule has 2 aromatic rings. The number of nitrogens with zero attached hydrogens (tertiary/aromatic N) is 2. The first-order chi connectivity index (χ1) is 27.0. The number of carbonyl (C=O) groups is 8. The van der Waals surface area contributed by atoms with E-state index in [1.54, 1.807) is 12.1 Å². The minimum absolute atomic E-state index is 0. The molecule has 0 aliphatic heterocycles. The van der Waals surface area contributed by atoms with Crippen molar-refractivity contribution in [2.75, 3.05) is 10.6 Å². The molecule has 27 heteroatoms. The number of carboxylic acids is 2. The number of primary sulfonamides is 2. The van der Waals surface area contributed by atoms with Crippen LogP contribution in [0.5, 0.6) is 0 Å². The van der Waals surface area contributed by atoms with Gasteiger partial charge in [0.15, 0.2) is 12.1 Å². The fourth-order valence-corrected chi connectivity index (χ4v) is 5.48. The van der Waals surface area contributed by atoms with Gasteiger partial charge in [-0.2, -0.15) is 10.2 Å². The van der Waals surface area contributed by atoms with E-state index in [4.69, 9.17) is 43.7 Å². The Labute approximate surface area is 353 Å². The number of Topliss-reactive ketones (excluding diaryl/α,β-unsaturated/α-hetero) is 2. The van der Waals surface area contributed by atoms with Gasteiger partial charge < -0.3 is 20.8 Å². The van der Waals surface area contributed by atoms with Gasteiger partial charge in [0.1, 0.15) is 11.4 Å². The number of para-hydroxylation sites is 2. The zero-order valence-corrected chi connectivity index (χ0v) is 33.2. The number of ketones is 4. The Hall–Kier alpha value is -6.19. The maximum Gasteiger partial charge on any atom is 1.00 e. The monoisotopic (exact) mass is 940 g/mol. The summed E-state index contributed by atoms with van der Waals surface area (Å²) in [5.74, 6) is -10.8. The number of hydrogen-bond acceptors (Lipinski definition) is 16. The summed E-state index contributed by atoms with van der Waals surface area (Å²) in [6.45, 7) is 0. The first-order valence-corrected chi connectivity index (χ1v) is 19.1. The number of nitrogens with two attached hydrogens (primary N) is 2. The number of hydrogen-bond donors (Lipinski definition) is 8. The van der Waals surface area contributed by atoms with Crippen molar-refractivity contribution < 1.29 is 83.6 Å². The summed E-state index contributed by atoms with van der Waals surface area (Å²) < 4.78 is 45.5. The summed E-state index contributed by atoms with van der Waals surface area (Å²) >= 11 is 11.8. The number of allylic oxidation sites excluding steroid dienone is 6. The first-order valence-electron chi connectivity index (χ1n) is 15.3. The molecule has 0 aromatic heterocycles. The molecule has 2 unspecified atom stereocenters. The number of hydrazone groups is 2. The van der Waals surface area contributed by atoms with E-state index in [2.05, 4.69) is 20.8 Å². The quantitative estimate of drug-likeness (QED) is 0.0499. The molecule has 2 aromatic carbocycles. The molecule has 1 radical (unpaired) electrons. The first kappa shape index (κ1) is 49.0. The van der Waals surface area contributed by atoms with Gasteiger partial charge in [0.25, 0.3) is 23.4 Å². The Morgan fingerprint density at radius 1 is 0.610 bits per heavy atom. The van der Waals surface area contributed by atoms with Crippen LogP contribution in [0.4, 0.5) is 11.4 Å². The van der Waals surface area contributed by atoms with E-state index in [9.17, 15) is 55.2 Å². The molecule has 2 atom stereocenters. The van der Waals surface area contributed by atoms with Crippen molar-refractivity contribution in [2.45, 2.75) is 12.1 Å². The normalized spacial score (nSPS) is 15.9. The Morgan fingerprint density at radius 2 is 0.932 bits per heavy atom. The van der Waals surface area contributed by atoms with Crippen molar-refractivity contribution in [2.24, 2.45) is 20.5 Å². The molecule has 0 spiro atoms. The molecular formula is C32H27Cl2CoN8O14S2+. The van der Waals surface area contributed by atoms with Crippen molar-refractivity contribution >= 4 is 113 Å². The van der Waals surface area contributed by atoms with Crippen molar-refractivity contribution in [3.8, 4) is 0 Å². The number of rotatable bonds is 14. The summed E-state index contributed by atoms with van der Waals surface area (Å²) in [5.41, 5.74) is 3.15. The van der Waals surface area contributed by atoms with Crippen LogP contribution in [0, 0.1) is 0 Å². The molecular weight excluding hydrogens is 914 g/mol. The van der Waals surface area contributed by atoms with Crippen molar-refractivity contribution in [1.29, 1.82) is 0 Å². The summed E-state index contributed by atoms with van der Waals surface area (Å²) in [5, 5.41) is 39.6. The smallest absolute Gasteiger partial charge is 0.475 e. The number of sulfonamides is 2. The zero-order valence-electron chi connectivity index (χ0n) is 30.0. The van der Waals surface area contributed by atoms with Gasteiger partial charge >= 0.3 is 13.4 Å². The molecule has 2 amide bonds. The second kappa shape index (κ2) is 21.0. The van der Waals surface area contributed by atoms with E-state index in [1.807, 2.05) is 10.9 Å². The summed E-state index contributed by atoms with van der Waals surface area (Å²) in [4.78, 5) is 93.3. The molecule has 4 rings (SSSR count). The zero-order chi connectivity index (χ0) is 43.5. The Kier molecular flexibility index (Phi) is 17.4. The number of amides is 2. The minimum atomic E-state index is -4.15. The number of carboxylic acid groups (broad SMARTS) is 2. The van der Waals surface area contributed by atoms with E-state index < -0.39 is 100 Å². The molecule has 59 heavy (non-hydrogen) atoms. The third-order valence-corrected chi connectivity index (χ3v) is 9.36. The largest absolute Gasteiger partial charge is 1.00 e. The maximum atomic E-state index is 12.4. The summed E-state index contributed by atoms with van der Waals surface area (Å²) in [7, 11) is -8.31. The molecule has 0 fully saturated rings. The Morgan fingerprint density at radius 3 is 1.22 bits per heavy atom. The van der Waals surface area contributed by atoms with E-state index in [0.717, 1.165) is 36.5 Å². The van der Waals surface area contributed by atoms with Crippen LogP contribution >= 0.6 is 23.2 Å². The fraction of sp³-hybridized carbons (Fsp3) is 0.0625. The van der Waals surface area contributed by atoms with Crippen LogP contribution < -0.4 is 31.8 Å². The third-order valence-electron chi connectivity index (χ3n) is 6.88. The Balaban J connectivity index is 0.000000581. The van der Waals surface area contributed by atoms with E-state index in [0.29, 0.717) is 0 Å². The van der Waals surface area contributed by atoms with Crippen LogP contribution in [-0.2, 0) is 75.2 Å². The number of nitrogens with one attached hydrogen (secondary N) is 4. The van der Waals surface area contributed by atoms with Crippen molar-refractivity contribution in [3.05, 3.63) is 105 Å². The average molecular weight is 942 g/mol. The van der Waals surface area contributed by atoms with Gasteiger partial charge in [0.2, 0.25) is 31.6 Å². The average Bonchev–Trinajstić information content (AvgIpc) is 3.14. The summed E-state index contributed by atoms with van der Waals surface area (Å²) in [6, 6.07) is 7.88. The second-order valence-corrected chi connectivity index (χ2v) is 14.9. The third kappa shape index (κ3) is 14.0. The number of carbonyl (C=O) groups excluding carboxylic acids is 6. The SMILES string of the molecule is NS(=O)(=O)C1=C/C(=N/NC(C(=O)Nc2ccccc2Cl)C(=O)C(=O)O)C(=O)C=C1.NS(=O)(=O)C1=C/C(=N\NC(C(=O)Nc2ccccc2Cl)C(=O)C(=O)O)C(=O)C=C1.[Co].[H+]. The van der Waals surface area contributed by atoms with Gasteiger partial charge in [-0.3, -0.25) is 39.6 Å². The van der Waals surface area contributed by atoms with Crippen molar-refractivity contribution in [1.82, 2.24) is 10.9 Å². The van der Waals surface area contributed by atoms with E-state index in [-0.39, 0.29) is 39.6 Å². The maximum absolute atomic E-state index is 12.4. The molecule has 2 aliphatic rings. The molecule has 313 valence electrons. The van der Waals surface area contributed by atoms with E-state index in [1.165, 1.54) is 36.4 Å². The number of aliphatic carboxylic acids is 2. The molecule has 0 saturated heterocycles. The summed E-state index contributed by atoms with van der Waals surface area (Å²) in [6.07, 6.45) is 5.22. The van der Waals surface area contributed by atoms with Gasteiger partial charge in [-0.05, 0) is 60.7 Å². The van der Waals surface area contributed by atoms with Crippen LogP contribution in [0.3, 0.4) is 0 Å². The molecule has 0 heterocycles. The number of halogens is 2. The standard InChI is InChI=1S/2C16H13ClN4O7S.Co/c2*17-9-3-1-2-4-10(9)19-15(24)13(14(23)16(25)26)21-20-11-7-8(29(18,27)28)5-6-12(11)22;/h2*1-7,13,21H,(H,19,24)(H,25,26)(H2,18,27,28);/p+1/b20-11+;20-11-;. The molecule has 2 aliphatic carbocycles. The van der Waals surface area contributed by atoms with Crippen molar-refractivity contribution in [3.63, 3.8) is 0 Å². The predicted molar refractivity (Wildman–Crippen MR) is 206 cm³/mol. The fourth-order valence-electron chi connectivity index (χ4n) is 4.05. The minimum Gasteiger partial charge on any atom is -0.475 e. The molecule has 0 saturated carbocycles. The van der Waals surface area contributed by atoms with Gasteiger partial charge in [-0.15, -0.1) is 0 Å².